The van der Waals surface area contributed by atoms with Crippen LogP contribution < -0.4 is 5.32 Å². The number of rotatable bonds is 11. The molecule has 0 bridgehead atoms. The lowest BCUT2D eigenvalue weighted by molar-refractivity contribution is 0.0739. The molecule has 0 radical (unpaired) electrons. The minimum absolute atomic E-state index is 0.0392. The summed E-state index contributed by atoms with van der Waals surface area (Å²) in [6, 6.07) is 13.5. The summed E-state index contributed by atoms with van der Waals surface area (Å²) in [7, 11) is 0. The summed E-state index contributed by atoms with van der Waals surface area (Å²) in [6.45, 7) is 7.68. The number of carbonyl (C=O) groups is 2. The molecule has 3 aromatic rings. The van der Waals surface area contributed by atoms with Gasteiger partial charge in [-0.1, -0.05) is 25.1 Å². The number of aromatic nitrogens is 2. The highest BCUT2D eigenvalue weighted by Gasteiger charge is 2.18. The van der Waals surface area contributed by atoms with Gasteiger partial charge in [0.05, 0.1) is 13.1 Å². The second-order valence-electron chi connectivity index (χ2n) is 8.65. The number of nitrogens with one attached hydrogen (secondary N) is 1. The third-order valence-electron chi connectivity index (χ3n) is 6.08. The molecule has 1 aromatic carbocycles. The fraction of sp³-hybridized carbons (Fsp3) is 0.423. The standard InChI is InChI=1S/C26H33N5O2S/c1-2-13-31(26(33)21-9-4-3-5-10-21)18-22-11-8-16-30(22)19-24-28-23(20-34-24)25(32)27-12-17-29-14-6-7-15-29/h3-5,8-11,16,20H,2,6-7,12-15,17-19H2,1H3,(H,27,32). The summed E-state index contributed by atoms with van der Waals surface area (Å²) in [5, 5.41) is 5.69. The van der Waals surface area contributed by atoms with E-state index in [0.29, 0.717) is 37.4 Å². The van der Waals surface area contributed by atoms with Crippen molar-refractivity contribution in [3.05, 3.63) is 76.0 Å². The zero-order valence-electron chi connectivity index (χ0n) is 19.8. The maximum Gasteiger partial charge on any atom is 0.270 e. The predicted octanol–water partition coefficient (Wildman–Crippen LogP) is 3.87. The minimum Gasteiger partial charge on any atom is -0.349 e. The van der Waals surface area contributed by atoms with Crippen LogP contribution >= 0.6 is 11.3 Å². The highest BCUT2D eigenvalue weighted by atomic mass is 32.1. The monoisotopic (exact) mass is 479 g/mol. The van der Waals surface area contributed by atoms with Crippen molar-refractivity contribution in [2.24, 2.45) is 0 Å². The number of hydrogen-bond acceptors (Lipinski definition) is 5. The molecule has 3 heterocycles. The van der Waals surface area contributed by atoms with E-state index < -0.39 is 0 Å². The average Bonchev–Trinajstić information content (AvgIpc) is 3.62. The molecule has 0 unspecified atom stereocenters. The van der Waals surface area contributed by atoms with Crippen molar-refractivity contribution < 1.29 is 9.59 Å². The molecule has 0 saturated carbocycles. The Bertz CT molecular complexity index is 1070. The number of amides is 2. The van der Waals surface area contributed by atoms with Crippen molar-refractivity contribution in [1.82, 2.24) is 24.7 Å². The van der Waals surface area contributed by atoms with Gasteiger partial charge in [0, 0.05) is 42.5 Å². The van der Waals surface area contributed by atoms with Crippen LogP contribution in [0.15, 0.2) is 54.0 Å². The fourth-order valence-corrected chi connectivity index (χ4v) is 5.06. The average molecular weight is 480 g/mol. The van der Waals surface area contributed by atoms with E-state index in [9.17, 15) is 9.59 Å². The zero-order chi connectivity index (χ0) is 23.8. The topological polar surface area (TPSA) is 70.5 Å². The Morgan fingerprint density at radius 3 is 2.68 bits per heavy atom. The summed E-state index contributed by atoms with van der Waals surface area (Å²) in [6.07, 6.45) is 5.40. The molecule has 34 heavy (non-hydrogen) atoms. The van der Waals surface area contributed by atoms with Crippen LogP contribution in [0.2, 0.25) is 0 Å². The van der Waals surface area contributed by atoms with E-state index in [1.165, 1.54) is 24.2 Å². The lowest BCUT2D eigenvalue weighted by Gasteiger charge is -2.23. The van der Waals surface area contributed by atoms with Crippen LogP contribution in [0.1, 0.15) is 57.7 Å². The van der Waals surface area contributed by atoms with Crippen molar-refractivity contribution in [1.29, 1.82) is 0 Å². The van der Waals surface area contributed by atoms with Gasteiger partial charge < -0.3 is 19.7 Å². The molecule has 8 heteroatoms. The van der Waals surface area contributed by atoms with Gasteiger partial charge in [-0.15, -0.1) is 11.3 Å². The van der Waals surface area contributed by atoms with Gasteiger partial charge in [0.25, 0.3) is 11.8 Å². The van der Waals surface area contributed by atoms with Gasteiger partial charge in [-0.25, -0.2) is 4.98 Å². The second kappa shape index (κ2) is 11.9. The summed E-state index contributed by atoms with van der Waals surface area (Å²) in [5.41, 5.74) is 2.22. The second-order valence-corrected chi connectivity index (χ2v) is 9.59. The van der Waals surface area contributed by atoms with Gasteiger partial charge in [-0.05, 0) is 56.6 Å². The van der Waals surface area contributed by atoms with E-state index in [2.05, 4.69) is 26.7 Å². The molecule has 1 saturated heterocycles. The van der Waals surface area contributed by atoms with E-state index in [0.717, 1.165) is 36.8 Å². The van der Waals surface area contributed by atoms with Crippen molar-refractivity contribution in [3.63, 3.8) is 0 Å². The molecule has 2 amide bonds. The van der Waals surface area contributed by atoms with Gasteiger partial charge in [0.2, 0.25) is 0 Å². The highest BCUT2D eigenvalue weighted by molar-refractivity contribution is 7.09. The lowest BCUT2D eigenvalue weighted by Crippen LogP contribution is -2.33. The smallest absolute Gasteiger partial charge is 0.270 e. The Balaban J connectivity index is 1.35. The first-order chi connectivity index (χ1) is 16.6. The van der Waals surface area contributed by atoms with E-state index in [1.54, 1.807) is 0 Å². The minimum atomic E-state index is -0.114. The molecular formula is C26H33N5O2S. The molecule has 1 aliphatic rings. The van der Waals surface area contributed by atoms with Crippen LogP contribution in [0.4, 0.5) is 0 Å². The maximum atomic E-state index is 13.0. The van der Waals surface area contributed by atoms with Crippen LogP contribution in [-0.4, -0.2) is 63.9 Å². The Morgan fingerprint density at radius 2 is 1.91 bits per heavy atom. The molecule has 180 valence electrons. The lowest BCUT2D eigenvalue weighted by atomic mass is 10.2. The summed E-state index contributed by atoms with van der Waals surface area (Å²) in [4.78, 5) is 34.4. The molecule has 2 aromatic heterocycles. The molecular weight excluding hydrogens is 446 g/mol. The summed E-state index contributed by atoms with van der Waals surface area (Å²) < 4.78 is 2.11. The SMILES string of the molecule is CCCN(Cc1cccn1Cc1nc(C(=O)NCCN2CCCC2)cs1)C(=O)c1ccccc1. The van der Waals surface area contributed by atoms with Crippen molar-refractivity contribution >= 4 is 23.2 Å². The Morgan fingerprint density at radius 1 is 1.12 bits per heavy atom. The van der Waals surface area contributed by atoms with Crippen LogP contribution in [-0.2, 0) is 13.1 Å². The molecule has 4 rings (SSSR count). The molecule has 7 nitrogen and oxygen atoms in total. The number of carbonyl (C=O) groups excluding carboxylic acids is 2. The molecule has 1 N–H and O–H groups in total. The van der Waals surface area contributed by atoms with E-state index in [4.69, 9.17) is 0 Å². The normalized spacial score (nSPS) is 13.8. The van der Waals surface area contributed by atoms with Crippen molar-refractivity contribution in [3.8, 4) is 0 Å². The highest BCUT2D eigenvalue weighted by Crippen LogP contribution is 2.16. The number of likely N-dealkylation sites (tertiary alicyclic amines) is 1. The maximum absolute atomic E-state index is 13.0. The first-order valence-electron chi connectivity index (χ1n) is 12.1. The summed E-state index contributed by atoms with van der Waals surface area (Å²) >= 11 is 1.49. The molecule has 0 atom stereocenters. The van der Waals surface area contributed by atoms with Crippen molar-refractivity contribution in [2.75, 3.05) is 32.7 Å². The van der Waals surface area contributed by atoms with Gasteiger partial charge >= 0.3 is 0 Å². The molecule has 1 aliphatic heterocycles. The quantitative estimate of drug-likeness (QED) is 0.453. The largest absolute Gasteiger partial charge is 0.349 e. The first kappa shape index (κ1) is 24.2. The Labute approximate surface area is 205 Å². The summed E-state index contributed by atoms with van der Waals surface area (Å²) in [5.74, 6) is -0.0747. The molecule has 0 spiro atoms. The molecule has 0 aliphatic carbocycles. The molecule has 1 fully saturated rings. The van der Waals surface area contributed by atoms with E-state index in [1.807, 2.05) is 58.9 Å². The zero-order valence-corrected chi connectivity index (χ0v) is 20.6. The van der Waals surface area contributed by atoms with Gasteiger partial charge in [0.15, 0.2) is 0 Å². The van der Waals surface area contributed by atoms with Crippen LogP contribution in [0, 0.1) is 0 Å². The van der Waals surface area contributed by atoms with Gasteiger partial charge in [0.1, 0.15) is 10.7 Å². The van der Waals surface area contributed by atoms with E-state index >= 15 is 0 Å². The van der Waals surface area contributed by atoms with Crippen molar-refractivity contribution in [2.45, 2.75) is 39.3 Å². The number of hydrogen-bond donors (Lipinski definition) is 1. The van der Waals surface area contributed by atoms with Gasteiger partial charge in [-0.3, -0.25) is 9.59 Å². The Hall–Kier alpha value is -2.97. The van der Waals surface area contributed by atoms with Crippen LogP contribution in [0.25, 0.3) is 0 Å². The Kier molecular flexibility index (Phi) is 8.49. The predicted molar refractivity (Wildman–Crippen MR) is 135 cm³/mol. The third kappa shape index (κ3) is 6.33. The van der Waals surface area contributed by atoms with Gasteiger partial charge in [-0.2, -0.15) is 0 Å². The number of benzene rings is 1. The van der Waals surface area contributed by atoms with Crippen LogP contribution in [0.3, 0.4) is 0 Å². The first-order valence-corrected chi connectivity index (χ1v) is 13.0. The third-order valence-corrected chi connectivity index (χ3v) is 6.91. The van der Waals surface area contributed by atoms with E-state index in [-0.39, 0.29) is 11.8 Å². The number of thiazole rings is 1. The van der Waals surface area contributed by atoms with Crippen LogP contribution in [0.5, 0.6) is 0 Å². The number of nitrogens with zero attached hydrogens (tertiary/aromatic N) is 4. The fourth-order valence-electron chi connectivity index (χ4n) is 4.29.